The monoisotopic (exact) mass is 352 g/mol. The van der Waals surface area contributed by atoms with Gasteiger partial charge in [0.15, 0.2) is 0 Å². The van der Waals surface area contributed by atoms with Crippen molar-refractivity contribution in [1.82, 2.24) is 0 Å². The van der Waals surface area contributed by atoms with Crippen LogP contribution in [0.3, 0.4) is 0 Å². The van der Waals surface area contributed by atoms with Crippen LogP contribution in [0.2, 0.25) is 0 Å². The number of anilines is 1. The lowest BCUT2D eigenvalue weighted by Gasteiger charge is -2.17. The number of esters is 1. The molecule has 0 spiro atoms. The second-order valence-electron chi connectivity index (χ2n) is 5.04. The minimum absolute atomic E-state index is 0.373. The number of ether oxygens (including phenoxy) is 1. The molecule has 0 saturated carbocycles. The first-order valence-corrected chi connectivity index (χ1v) is 7.32. The molecule has 0 atom stereocenters. The van der Waals surface area contributed by atoms with Crippen LogP contribution in [0.4, 0.5) is 5.69 Å². The number of carbonyl (C=O) groups is 1. The van der Waals surface area contributed by atoms with Crippen molar-refractivity contribution in [2.45, 2.75) is 33.3 Å². The molecule has 1 N–H and O–H groups in total. The zero-order chi connectivity index (χ0) is 16.5. The number of carbonyl (C=O) groups excluding carboxylic acids is 1. The van der Waals surface area contributed by atoms with Crippen LogP contribution >= 0.6 is 15.9 Å². The van der Waals surface area contributed by atoms with E-state index in [0.717, 1.165) is 22.8 Å². The number of hydrogen-bond donors (Lipinski definition) is 1. The van der Waals surface area contributed by atoms with E-state index in [-0.39, 0.29) is 5.97 Å². The fourth-order valence-corrected chi connectivity index (χ4v) is 1.82. The molecule has 5 heteroatoms. The standard InChI is InChI=1S/C9H9BrN2.C7H12O2/c1-2-12-9-7(6-11)4-3-5-8(9)10;1-5-6(8)9-7(2,3)4/h3-5,12H,2H2,1H3;5H,1H2,2-4H3. The van der Waals surface area contributed by atoms with E-state index < -0.39 is 5.60 Å². The zero-order valence-corrected chi connectivity index (χ0v) is 14.5. The van der Waals surface area contributed by atoms with Gasteiger partial charge in [-0.3, -0.25) is 0 Å². The molecule has 21 heavy (non-hydrogen) atoms. The Balaban J connectivity index is 0.000000400. The molecule has 0 fully saturated rings. The molecule has 0 aliphatic rings. The van der Waals surface area contributed by atoms with E-state index in [4.69, 9.17) is 10.00 Å². The summed E-state index contributed by atoms with van der Waals surface area (Å²) in [7, 11) is 0. The van der Waals surface area contributed by atoms with Gasteiger partial charge in [-0.25, -0.2) is 4.79 Å². The van der Waals surface area contributed by atoms with E-state index in [1.165, 1.54) is 0 Å². The van der Waals surface area contributed by atoms with Crippen molar-refractivity contribution >= 4 is 27.6 Å². The Morgan fingerprint density at radius 3 is 2.52 bits per heavy atom. The predicted molar refractivity (Wildman–Crippen MR) is 89.1 cm³/mol. The number of halogens is 1. The Bertz CT molecular complexity index is 528. The van der Waals surface area contributed by atoms with Crippen LogP contribution in [-0.4, -0.2) is 18.1 Å². The van der Waals surface area contributed by atoms with Gasteiger partial charge >= 0.3 is 5.97 Å². The van der Waals surface area contributed by atoms with Crippen LogP contribution in [-0.2, 0) is 9.53 Å². The van der Waals surface area contributed by atoms with Crippen LogP contribution in [0, 0.1) is 11.3 Å². The van der Waals surface area contributed by atoms with Crippen molar-refractivity contribution in [3.63, 3.8) is 0 Å². The summed E-state index contributed by atoms with van der Waals surface area (Å²) in [5, 5.41) is 11.9. The third kappa shape index (κ3) is 8.16. The van der Waals surface area contributed by atoms with E-state index in [2.05, 4.69) is 33.9 Å². The summed E-state index contributed by atoms with van der Waals surface area (Å²) in [4.78, 5) is 10.5. The highest BCUT2D eigenvalue weighted by atomic mass is 79.9. The Labute approximate surface area is 134 Å². The van der Waals surface area contributed by atoms with Gasteiger partial charge in [-0.15, -0.1) is 0 Å². The molecule has 0 bridgehead atoms. The van der Waals surface area contributed by atoms with Gasteiger partial charge in [-0.1, -0.05) is 12.6 Å². The first-order valence-electron chi connectivity index (χ1n) is 6.53. The van der Waals surface area contributed by atoms with Gasteiger partial charge in [0, 0.05) is 17.1 Å². The maximum Gasteiger partial charge on any atom is 0.330 e. The SMILES string of the molecule is C=CC(=O)OC(C)(C)C.CCNc1c(Br)cccc1C#N. The molecule has 0 unspecified atom stereocenters. The molecule has 1 aromatic carbocycles. The van der Waals surface area contributed by atoms with Crippen molar-refractivity contribution in [3.8, 4) is 6.07 Å². The first kappa shape index (κ1) is 19.2. The molecule has 4 nitrogen and oxygen atoms in total. The van der Waals surface area contributed by atoms with E-state index >= 15 is 0 Å². The molecule has 0 aliphatic heterocycles. The maximum absolute atomic E-state index is 10.5. The number of nitriles is 1. The molecule has 1 rings (SSSR count). The fourth-order valence-electron chi connectivity index (χ4n) is 1.32. The van der Waals surface area contributed by atoms with Gasteiger partial charge in [0.2, 0.25) is 0 Å². The van der Waals surface area contributed by atoms with Crippen molar-refractivity contribution in [2.24, 2.45) is 0 Å². The lowest BCUT2D eigenvalue weighted by Crippen LogP contribution is -2.22. The largest absolute Gasteiger partial charge is 0.457 e. The minimum Gasteiger partial charge on any atom is -0.457 e. The molecular weight excluding hydrogens is 332 g/mol. The molecule has 0 amide bonds. The van der Waals surface area contributed by atoms with Crippen LogP contribution in [0.15, 0.2) is 35.3 Å². The topological polar surface area (TPSA) is 62.1 Å². The van der Waals surface area contributed by atoms with Crippen molar-refractivity contribution in [3.05, 3.63) is 40.9 Å². The maximum atomic E-state index is 10.5. The summed E-state index contributed by atoms with van der Waals surface area (Å²) in [6.45, 7) is 11.5. The van der Waals surface area contributed by atoms with E-state index in [1.807, 2.05) is 39.8 Å². The first-order chi connectivity index (χ1) is 9.75. The Morgan fingerprint density at radius 1 is 1.52 bits per heavy atom. The molecule has 0 saturated heterocycles. The Kier molecular flexibility index (Phi) is 8.41. The minimum atomic E-state index is -0.398. The van der Waals surface area contributed by atoms with Gasteiger partial charge in [-0.2, -0.15) is 5.26 Å². The van der Waals surface area contributed by atoms with Crippen LogP contribution in [0.25, 0.3) is 0 Å². The van der Waals surface area contributed by atoms with E-state index in [1.54, 1.807) is 6.07 Å². The molecular formula is C16H21BrN2O2. The van der Waals surface area contributed by atoms with Gasteiger partial charge in [0.25, 0.3) is 0 Å². The van der Waals surface area contributed by atoms with Gasteiger partial charge < -0.3 is 10.1 Å². The number of nitrogens with one attached hydrogen (secondary N) is 1. The number of hydrogen-bond acceptors (Lipinski definition) is 4. The Hall–Kier alpha value is -1.80. The van der Waals surface area contributed by atoms with Crippen molar-refractivity contribution in [2.75, 3.05) is 11.9 Å². The molecule has 0 aliphatic carbocycles. The highest BCUT2D eigenvalue weighted by Gasteiger charge is 2.12. The average Bonchev–Trinajstić information content (AvgIpc) is 2.40. The van der Waals surface area contributed by atoms with Crippen LogP contribution in [0.5, 0.6) is 0 Å². The third-order valence-electron chi connectivity index (χ3n) is 2.06. The predicted octanol–water partition coefficient (Wildman–Crippen LogP) is 4.27. The third-order valence-corrected chi connectivity index (χ3v) is 2.72. The van der Waals surface area contributed by atoms with E-state index in [9.17, 15) is 4.79 Å². The summed E-state index contributed by atoms with van der Waals surface area (Å²) in [6, 6.07) is 7.69. The van der Waals surface area contributed by atoms with Crippen LogP contribution in [0.1, 0.15) is 33.3 Å². The number of para-hydroxylation sites is 1. The highest BCUT2D eigenvalue weighted by molar-refractivity contribution is 9.10. The Morgan fingerprint density at radius 2 is 2.14 bits per heavy atom. The molecule has 114 valence electrons. The normalized spacial score (nSPS) is 9.71. The van der Waals surface area contributed by atoms with Crippen molar-refractivity contribution < 1.29 is 9.53 Å². The second kappa shape index (κ2) is 9.19. The quantitative estimate of drug-likeness (QED) is 0.651. The van der Waals surface area contributed by atoms with Crippen LogP contribution < -0.4 is 5.32 Å². The average molecular weight is 353 g/mol. The lowest BCUT2D eigenvalue weighted by molar-refractivity contribution is -0.148. The van der Waals surface area contributed by atoms with Gasteiger partial charge in [0.05, 0.1) is 11.3 Å². The summed E-state index contributed by atoms with van der Waals surface area (Å²) in [5.41, 5.74) is 1.15. The van der Waals surface area contributed by atoms with Gasteiger partial charge in [-0.05, 0) is 55.8 Å². The van der Waals surface area contributed by atoms with Crippen molar-refractivity contribution in [1.29, 1.82) is 5.26 Å². The molecule has 0 radical (unpaired) electrons. The molecule has 0 heterocycles. The molecule has 0 aromatic heterocycles. The summed E-state index contributed by atoms with van der Waals surface area (Å²) >= 11 is 3.38. The molecule has 1 aromatic rings. The lowest BCUT2D eigenvalue weighted by atomic mass is 10.2. The van der Waals surface area contributed by atoms with Gasteiger partial charge in [0.1, 0.15) is 11.7 Å². The summed E-state index contributed by atoms with van der Waals surface area (Å²) in [5.74, 6) is -0.373. The summed E-state index contributed by atoms with van der Waals surface area (Å²) in [6.07, 6.45) is 1.16. The number of nitrogens with zero attached hydrogens (tertiary/aromatic N) is 1. The second-order valence-corrected chi connectivity index (χ2v) is 5.90. The highest BCUT2D eigenvalue weighted by Crippen LogP contribution is 2.25. The fraction of sp³-hybridized carbons (Fsp3) is 0.375. The smallest absolute Gasteiger partial charge is 0.330 e. The van der Waals surface area contributed by atoms with E-state index in [0.29, 0.717) is 5.56 Å². The number of rotatable bonds is 3. The zero-order valence-electron chi connectivity index (χ0n) is 12.9. The summed E-state index contributed by atoms with van der Waals surface area (Å²) < 4.78 is 5.76. The number of benzene rings is 1.